The van der Waals surface area contributed by atoms with Crippen molar-refractivity contribution in [2.75, 3.05) is 39.4 Å². The van der Waals surface area contributed by atoms with Crippen LogP contribution in [0.5, 0.6) is 0 Å². The molecular formula is C27H34N4O6. The second-order valence-corrected chi connectivity index (χ2v) is 10.5. The summed E-state index contributed by atoms with van der Waals surface area (Å²) in [7, 11) is 0. The zero-order valence-electron chi connectivity index (χ0n) is 21.0. The lowest BCUT2D eigenvalue weighted by atomic mass is 9.95. The smallest absolute Gasteiger partial charge is 0.262 e. The molecule has 4 aliphatic heterocycles. The number of hydrogen-bond acceptors (Lipinski definition) is 7. The van der Waals surface area contributed by atoms with E-state index in [1.165, 1.54) is 25.0 Å². The second-order valence-electron chi connectivity index (χ2n) is 10.5. The molecule has 0 saturated carbocycles. The summed E-state index contributed by atoms with van der Waals surface area (Å²) in [5.74, 6) is -1.24. The Morgan fingerprint density at radius 2 is 1.65 bits per heavy atom. The molecule has 0 aromatic heterocycles. The van der Waals surface area contributed by atoms with Gasteiger partial charge in [-0.25, -0.2) is 0 Å². The van der Waals surface area contributed by atoms with Crippen molar-refractivity contribution in [3.8, 4) is 0 Å². The van der Waals surface area contributed by atoms with Crippen LogP contribution in [0.3, 0.4) is 0 Å². The Bertz CT molecular complexity index is 1090. The minimum atomic E-state index is -1.02. The number of hydrogen-bond donors (Lipinski definition) is 2. The third kappa shape index (κ3) is 5.45. The first-order valence-electron chi connectivity index (χ1n) is 13.4. The molecule has 0 radical (unpaired) electrons. The number of amides is 5. The number of imide groups is 2. The minimum Gasteiger partial charge on any atom is -0.381 e. The number of rotatable bonds is 7. The Hall–Kier alpha value is -3.11. The lowest BCUT2D eigenvalue weighted by Gasteiger charge is -2.32. The van der Waals surface area contributed by atoms with Crippen molar-refractivity contribution in [1.29, 1.82) is 0 Å². The van der Waals surface area contributed by atoms with Crippen LogP contribution in [0.25, 0.3) is 0 Å². The summed E-state index contributed by atoms with van der Waals surface area (Å²) < 4.78 is 5.96. The van der Waals surface area contributed by atoms with Gasteiger partial charge in [-0.2, -0.15) is 0 Å². The highest BCUT2D eigenvalue weighted by Crippen LogP contribution is 2.29. The maximum absolute atomic E-state index is 13.2. The first kappa shape index (κ1) is 25.5. The van der Waals surface area contributed by atoms with Crippen molar-refractivity contribution in [3.63, 3.8) is 0 Å². The van der Waals surface area contributed by atoms with E-state index in [-0.39, 0.29) is 29.9 Å². The van der Waals surface area contributed by atoms with E-state index in [9.17, 15) is 24.0 Å². The summed E-state index contributed by atoms with van der Waals surface area (Å²) in [5.41, 5.74) is 0.644. The molecule has 10 heteroatoms. The van der Waals surface area contributed by atoms with Gasteiger partial charge in [0.05, 0.1) is 11.1 Å². The number of carbonyl (C=O) groups is 5. The predicted octanol–water partition coefficient (Wildman–Crippen LogP) is 1.35. The third-order valence-electron chi connectivity index (χ3n) is 8.07. The summed E-state index contributed by atoms with van der Waals surface area (Å²) in [4.78, 5) is 65.5. The number of fused-ring (bicyclic) bond motifs is 1. The van der Waals surface area contributed by atoms with E-state index in [4.69, 9.17) is 4.74 Å². The van der Waals surface area contributed by atoms with Crippen LogP contribution in [0.1, 0.15) is 76.0 Å². The molecule has 0 bridgehead atoms. The van der Waals surface area contributed by atoms with Gasteiger partial charge in [-0.1, -0.05) is 0 Å². The molecule has 5 amide bonds. The Morgan fingerprint density at radius 3 is 2.38 bits per heavy atom. The van der Waals surface area contributed by atoms with E-state index >= 15 is 0 Å². The molecule has 4 aliphatic rings. The number of piperidine rings is 3. The van der Waals surface area contributed by atoms with Gasteiger partial charge < -0.3 is 15.0 Å². The lowest BCUT2D eigenvalue weighted by molar-refractivity contribution is -0.136. The van der Waals surface area contributed by atoms with E-state index in [2.05, 4.69) is 10.6 Å². The number of benzene rings is 1. The summed E-state index contributed by atoms with van der Waals surface area (Å²) in [6, 6.07) is 3.48. The highest BCUT2D eigenvalue weighted by atomic mass is 16.5. The van der Waals surface area contributed by atoms with Gasteiger partial charge in [-0.05, 0) is 81.6 Å². The number of ether oxygens (including phenoxy) is 1. The predicted molar refractivity (Wildman–Crippen MR) is 133 cm³/mol. The molecule has 2 N–H and O–H groups in total. The van der Waals surface area contributed by atoms with Gasteiger partial charge in [-0.3, -0.25) is 34.2 Å². The average molecular weight is 511 g/mol. The molecule has 3 saturated heterocycles. The fraction of sp³-hybridized carbons (Fsp3) is 0.593. The van der Waals surface area contributed by atoms with Gasteiger partial charge in [0.2, 0.25) is 11.8 Å². The number of carbonyl (C=O) groups excluding carboxylic acids is 5. The molecule has 10 nitrogen and oxygen atoms in total. The van der Waals surface area contributed by atoms with E-state index < -0.39 is 29.7 Å². The summed E-state index contributed by atoms with van der Waals surface area (Å²) >= 11 is 0. The quantitative estimate of drug-likeness (QED) is 0.419. The second kappa shape index (κ2) is 11.1. The van der Waals surface area contributed by atoms with Crippen LogP contribution in [0, 0.1) is 11.8 Å². The van der Waals surface area contributed by atoms with Crippen molar-refractivity contribution in [3.05, 3.63) is 34.9 Å². The van der Waals surface area contributed by atoms with Gasteiger partial charge in [0.15, 0.2) is 0 Å². The lowest BCUT2D eigenvalue weighted by Crippen LogP contribution is -2.54. The molecular weight excluding hydrogens is 476 g/mol. The molecule has 0 aliphatic carbocycles. The highest BCUT2D eigenvalue weighted by molar-refractivity contribution is 6.24. The minimum absolute atomic E-state index is 0.0623. The first-order valence-corrected chi connectivity index (χ1v) is 13.4. The number of nitrogens with zero attached hydrogens (tertiary/aromatic N) is 2. The summed E-state index contributed by atoms with van der Waals surface area (Å²) in [6.45, 7) is 4.95. The topological polar surface area (TPSA) is 125 Å². The molecule has 1 unspecified atom stereocenters. The van der Waals surface area contributed by atoms with E-state index in [1.54, 1.807) is 11.0 Å². The zero-order valence-corrected chi connectivity index (χ0v) is 21.0. The molecule has 5 rings (SSSR count). The monoisotopic (exact) mass is 510 g/mol. The molecule has 4 heterocycles. The Kier molecular flexibility index (Phi) is 7.66. The fourth-order valence-corrected chi connectivity index (χ4v) is 5.76. The standard InChI is InChI=1S/C27H34N4O6/c32-23-4-3-22(24(33)29-23)31-26(35)20-2-1-19(15-21(20)27(31)36)25(34)30-12-7-18(8-13-30)16-37-14-9-17-5-10-28-11-6-17/h1-2,15,17-18,22,28H,3-14,16H2,(H,29,32,33). The maximum Gasteiger partial charge on any atom is 0.262 e. The van der Waals surface area contributed by atoms with Crippen molar-refractivity contribution in [1.82, 2.24) is 20.4 Å². The molecule has 0 spiro atoms. The largest absolute Gasteiger partial charge is 0.381 e. The van der Waals surface area contributed by atoms with Crippen molar-refractivity contribution < 1.29 is 28.7 Å². The Morgan fingerprint density at radius 1 is 0.919 bits per heavy atom. The molecule has 1 atom stereocenters. The first-order chi connectivity index (χ1) is 17.9. The van der Waals surface area contributed by atoms with Crippen LogP contribution < -0.4 is 10.6 Å². The SMILES string of the molecule is O=C1CCC(N2C(=O)c3ccc(C(=O)N4CCC(COCCC5CCNCC5)CC4)cc3C2=O)C(=O)N1. The van der Waals surface area contributed by atoms with Gasteiger partial charge >= 0.3 is 0 Å². The Balaban J connectivity index is 1.13. The zero-order chi connectivity index (χ0) is 25.9. The normalized spacial score (nSPS) is 23.4. The van der Waals surface area contributed by atoms with Crippen molar-refractivity contribution in [2.24, 2.45) is 11.8 Å². The van der Waals surface area contributed by atoms with Gasteiger partial charge in [0.1, 0.15) is 6.04 Å². The molecule has 198 valence electrons. The highest BCUT2D eigenvalue weighted by Gasteiger charge is 2.45. The number of likely N-dealkylation sites (tertiary alicyclic amines) is 1. The van der Waals surface area contributed by atoms with Crippen LogP contribution >= 0.6 is 0 Å². The van der Waals surface area contributed by atoms with E-state index in [0.29, 0.717) is 24.6 Å². The number of nitrogens with one attached hydrogen (secondary N) is 2. The average Bonchev–Trinajstić information content (AvgIpc) is 3.16. The van der Waals surface area contributed by atoms with E-state index in [0.717, 1.165) is 56.4 Å². The van der Waals surface area contributed by atoms with Crippen LogP contribution in [-0.4, -0.2) is 84.8 Å². The molecule has 1 aromatic rings. The van der Waals surface area contributed by atoms with Crippen molar-refractivity contribution >= 4 is 29.5 Å². The third-order valence-corrected chi connectivity index (χ3v) is 8.07. The molecule has 3 fully saturated rings. The van der Waals surface area contributed by atoms with Crippen LogP contribution in [-0.2, 0) is 14.3 Å². The van der Waals surface area contributed by atoms with Crippen molar-refractivity contribution in [2.45, 2.75) is 51.0 Å². The molecule has 37 heavy (non-hydrogen) atoms. The summed E-state index contributed by atoms with van der Waals surface area (Å²) in [6.07, 6.45) is 5.45. The Labute approximate surface area is 216 Å². The van der Waals surface area contributed by atoms with Gasteiger partial charge in [0, 0.05) is 38.3 Å². The van der Waals surface area contributed by atoms with Crippen LogP contribution in [0.15, 0.2) is 18.2 Å². The summed E-state index contributed by atoms with van der Waals surface area (Å²) in [5, 5.41) is 5.57. The van der Waals surface area contributed by atoms with E-state index in [1.807, 2.05) is 0 Å². The van der Waals surface area contributed by atoms with Crippen LogP contribution in [0.4, 0.5) is 0 Å². The van der Waals surface area contributed by atoms with Gasteiger partial charge in [0.25, 0.3) is 17.7 Å². The fourth-order valence-electron chi connectivity index (χ4n) is 5.76. The maximum atomic E-state index is 13.2. The van der Waals surface area contributed by atoms with Crippen LogP contribution in [0.2, 0.25) is 0 Å². The molecule has 1 aromatic carbocycles. The van der Waals surface area contributed by atoms with Gasteiger partial charge in [-0.15, -0.1) is 0 Å².